The van der Waals surface area contributed by atoms with Crippen molar-refractivity contribution in [3.05, 3.63) is 29.6 Å². The zero-order valence-corrected chi connectivity index (χ0v) is 11.0. The van der Waals surface area contributed by atoms with E-state index in [1.54, 1.807) is 0 Å². The maximum Gasteiger partial charge on any atom is 0.417 e. The van der Waals surface area contributed by atoms with Crippen LogP contribution in [0.2, 0.25) is 0 Å². The van der Waals surface area contributed by atoms with Gasteiger partial charge in [0.05, 0.1) is 11.3 Å². The van der Waals surface area contributed by atoms with Gasteiger partial charge in [-0.05, 0) is 25.0 Å². The largest absolute Gasteiger partial charge is 0.417 e. The molecule has 108 valence electrons. The summed E-state index contributed by atoms with van der Waals surface area (Å²) in [4.78, 5) is 4.43. The molecule has 20 heavy (non-hydrogen) atoms. The first-order valence-electron chi connectivity index (χ1n) is 6.81. The monoisotopic (exact) mass is 283 g/mol. The third-order valence-electron chi connectivity index (χ3n) is 4.00. The van der Waals surface area contributed by atoms with Crippen molar-refractivity contribution in [2.45, 2.75) is 44.2 Å². The van der Waals surface area contributed by atoms with Crippen LogP contribution in [0.15, 0.2) is 18.3 Å². The molecule has 1 fully saturated rings. The number of nitrogens with two attached hydrogens (primary N) is 1. The number of halogens is 3. The second-order valence-electron chi connectivity index (χ2n) is 5.36. The molecule has 1 aliphatic rings. The van der Waals surface area contributed by atoms with Gasteiger partial charge in [-0.1, -0.05) is 19.3 Å². The fourth-order valence-corrected chi connectivity index (χ4v) is 2.93. The van der Waals surface area contributed by atoms with Crippen molar-refractivity contribution < 1.29 is 13.2 Å². The van der Waals surface area contributed by atoms with E-state index < -0.39 is 11.7 Å². The van der Waals surface area contributed by atoms with Crippen LogP contribution in [0.1, 0.15) is 49.3 Å². The molecule has 2 aromatic rings. The lowest BCUT2D eigenvalue weighted by molar-refractivity contribution is -0.137. The van der Waals surface area contributed by atoms with E-state index in [0.717, 1.165) is 43.6 Å². The van der Waals surface area contributed by atoms with Gasteiger partial charge in [-0.3, -0.25) is 4.40 Å². The molecule has 0 saturated heterocycles. The van der Waals surface area contributed by atoms with E-state index >= 15 is 0 Å². The highest BCUT2D eigenvalue weighted by Crippen LogP contribution is 2.36. The van der Waals surface area contributed by atoms with Crippen LogP contribution in [0.5, 0.6) is 0 Å². The van der Waals surface area contributed by atoms with Gasteiger partial charge < -0.3 is 5.73 Å². The summed E-state index contributed by atoms with van der Waals surface area (Å²) in [6.45, 7) is 0. The van der Waals surface area contributed by atoms with Crippen molar-refractivity contribution in [2.24, 2.45) is 0 Å². The molecule has 2 aromatic heterocycles. The summed E-state index contributed by atoms with van der Waals surface area (Å²) in [6.07, 6.45) is 2.17. The Morgan fingerprint density at radius 3 is 2.50 bits per heavy atom. The van der Waals surface area contributed by atoms with E-state index in [1.165, 1.54) is 16.9 Å². The van der Waals surface area contributed by atoms with Crippen LogP contribution in [0.4, 0.5) is 19.0 Å². The molecule has 1 aliphatic carbocycles. The quantitative estimate of drug-likeness (QED) is 0.860. The predicted octanol–water partition coefficient (Wildman–Crippen LogP) is 3.98. The third-order valence-corrected chi connectivity index (χ3v) is 4.00. The molecule has 0 amide bonds. The van der Waals surface area contributed by atoms with Crippen LogP contribution in [-0.4, -0.2) is 9.38 Å². The number of alkyl halides is 3. The van der Waals surface area contributed by atoms with Crippen molar-refractivity contribution in [2.75, 3.05) is 5.73 Å². The van der Waals surface area contributed by atoms with Gasteiger partial charge in [-0.15, -0.1) is 0 Å². The first-order valence-corrected chi connectivity index (χ1v) is 6.81. The average molecular weight is 283 g/mol. The smallest absolute Gasteiger partial charge is 0.383 e. The van der Waals surface area contributed by atoms with Gasteiger partial charge in [0.15, 0.2) is 0 Å². The molecule has 0 spiro atoms. The Morgan fingerprint density at radius 2 is 1.85 bits per heavy atom. The minimum Gasteiger partial charge on any atom is -0.383 e. The highest BCUT2D eigenvalue weighted by molar-refractivity contribution is 5.54. The zero-order valence-electron chi connectivity index (χ0n) is 11.0. The van der Waals surface area contributed by atoms with E-state index in [1.807, 2.05) is 0 Å². The van der Waals surface area contributed by atoms with Crippen LogP contribution in [0.25, 0.3) is 5.65 Å². The number of rotatable bonds is 1. The Balaban J connectivity index is 2.05. The minimum atomic E-state index is -4.37. The Hall–Kier alpha value is -1.72. The molecular formula is C14H16F3N3. The van der Waals surface area contributed by atoms with E-state index in [2.05, 4.69) is 4.98 Å². The Morgan fingerprint density at radius 1 is 1.15 bits per heavy atom. The standard InChI is InChI=1S/C14H16F3N3/c15-14(16,17)10-6-7-11-19-12(13(18)20(11)8-10)9-4-2-1-3-5-9/h6-9H,1-5,18H2. The summed E-state index contributed by atoms with van der Waals surface area (Å²) in [6, 6.07) is 2.43. The minimum absolute atomic E-state index is 0.276. The number of anilines is 1. The van der Waals surface area contributed by atoms with Gasteiger partial charge in [0, 0.05) is 12.1 Å². The van der Waals surface area contributed by atoms with Crippen molar-refractivity contribution in [1.82, 2.24) is 9.38 Å². The second-order valence-corrected chi connectivity index (χ2v) is 5.36. The molecule has 2 heterocycles. The molecule has 0 aliphatic heterocycles. The van der Waals surface area contributed by atoms with Crippen molar-refractivity contribution >= 4 is 11.5 Å². The first kappa shape index (κ1) is 13.3. The van der Waals surface area contributed by atoms with Crippen LogP contribution < -0.4 is 5.73 Å². The molecule has 2 N–H and O–H groups in total. The molecule has 0 radical (unpaired) electrons. The molecule has 0 unspecified atom stereocenters. The fraction of sp³-hybridized carbons (Fsp3) is 0.500. The number of imidazole rings is 1. The van der Waals surface area contributed by atoms with Crippen molar-refractivity contribution in [3.63, 3.8) is 0 Å². The molecule has 6 heteroatoms. The van der Waals surface area contributed by atoms with Gasteiger partial charge in [0.1, 0.15) is 11.5 Å². The number of hydrogen-bond acceptors (Lipinski definition) is 2. The van der Waals surface area contributed by atoms with Gasteiger partial charge >= 0.3 is 6.18 Å². The molecule has 3 nitrogen and oxygen atoms in total. The van der Waals surface area contributed by atoms with E-state index in [-0.39, 0.29) is 5.92 Å². The predicted molar refractivity (Wildman–Crippen MR) is 70.4 cm³/mol. The van der Waals surface area contributed by atoms with E-state index in [9.17, 15) is 13.2 Å². The van der Waals surface area contributed by atoms with E-state index in [4.69, 9.17) is 5.73 Å². The Kier molecular flexibility index (Phi) is 3.11. The van der Waals surface area contributed by atoms with Gasteiger partial charge in [-0.25, -0.2) is 4.98 Å². The normalized spacial score (nSPS) is 17.8. The number of hydrogen-bond donors (Lipinski definition) is 1. The summed E-state index contributed by atoms with van der Waals surface area (Å²) >= 11 is 0. The lowest BCUT2D eigenvalue weighted by atomic mass is 9.87. The number of nitrogen functional groups attached to an aromatic ring is 1. The van der Waals surface area contributed by atoms with Crippen LogP contribution in [-0.2, 0) is 6.18 Å². The molecule has 0 atom stereocenters. The number of nitrogens with zero attached hydrogens (tertiary/aromatic N) is 2. The van der Waals surface area contributed by atoms with Crippen LogP contribution in [0, 0.1) is 0 Å². The highest BCUT2D eigenvalue weighted by atomic mass is 19.4. The maximum absolute atomic E-state index is 12.7. The summed E-state index contributed by atoms with van der Waals surface area (Å²) in [5.41, 5.74) is 6.55. The van der Waals surface area contributed by atoms with Crippen LogP contribution >= 0.6 is 0 Å². The maximum atomic E-state index is 12.7. The van der Waals surface area contributed by atoms with Gasteiger partial charge in [-0.2, -0.15) is 13.2 Å². The topological polar surface area (TPSA) is 43.3 Å². The van der Waals surface area contributed by atoms with Gasteiger partial charge in [0.2, 0.25) is 0 Å². The molecule has 1 saturated carbocycles. The lowest BCUT2D eigenvalue weighted by Gasteiger charge is -2.20. The Bertz CT molecular complexity index is 624. The first-order chi connectivity index (χ1) is 9.47. The fourth-order valence-electron chi connectivity index (χ4n) is 2.93. The average Bonchev–Trinajstić information content (AvgIpc) is 2.76. The van der Waals surface area contributed by atoms with E-state index in [0.29, 0.717) is 11.5 Å². The summed E-state index contributed by atoms with van der Waals surface area (Å²) < 4.78 is 39.6. The molecule has 0 aromatic carbocycles. The van der Waals surface area contributed by atoms with Gasteiger partial charge in [0.25, 0.3) is 0 Å². The van der Waals surface area contributed by atoms with Crippen molar-refractivity contribution in [1.29, 1.82) is 0 Å². The van der Waals surface area contributed by atoms with Crippen LogP contribution in [0.3, 0.4) is 0 Å². The number of pyridine rings is 1. The second kappa shape index (κ2) is 4.68. The Labute approximate surface area is 114 Å². The summed E-state index contributed by atoms with van der Waals surface area (Å²) in [7, 11) is 0. The number of fused-ring (bicyclic) bond motifs is 1. The zero-order chi connectivity index (χ0) is 14.3. The molecule has 0 bridgehead atoms. The lowest BCUT2D eigenvalue weighted by Crippen LogP contribution is -2.08. The SMILES string of the molecule is Nc1c(C2CCCCC2)nc2ccc(C(F)(F)F)cn12. The highest BCUT2D eigenvalue weighted by Gasteiger charge is 2.31. The third kappa shape index (κ3) is 2.23. The summed E-state index contributed by atoms with van der Waals surface area (Å²) in [5, 5.41) is 0. The molecular weight excluding hydrogens is 267 g/mol. The summed E-state index contributed by atoms with van der Waals surface area (Å²) in [5.74, 6) is 0.621. The van der Waals surface area contributed by atoms with Crippen molar-refractivity contribution in [3.8, 4) is 0 Å². The molecule has 3 rings (SSSR count). The number of aromatic nitrogens is 2.